The van der Waals surface area contributed by atoms with E-state index in [9.17, 15) is 8.42 Å². The maximum absolute atomic E-state index is 12.3. The van der Waals surface area contributed by atoms with Crippen molar-refractivity contribution in [1.82, 2.24) is 14.3 Å². The number of likely N-dealkylation sites (N-methyl/N-ethyl adjacent to an activating group) is 1. The van der Waals surface area contributed by atoms with Gasteiger partial charge in [-0.2, -0.15) is 4.31 Å². The third kappa shape index (κ3) is 2.89. The van der Waals surface area contributed by atoms with Crippen LogP contribution in [-0.2, 0) is 10.0 Å². The van der Waals surface area contributed by atoms with Crippen LogP contribution in [0.5, 0.6) is 5.88 Å². The summed E-state index contributed by atoms with van der Waals surface area (Å²) < 4.78 is 31.8. The summed E-state index contributed by atoms with van der Waals surface area (Å²) in [6.07, 6.45) is 5.62. The maximum Gasteiger partial charge on any atom is 0.257 e. The fourth-order valence-corrected chi connectivity index (χ4v) is 4.60. The molecule has 0 amide bonds. The third-order valence-corrected chi connectivity index (χ3v) is 6.67. The Bertz CT molecular complexity index is 633. The summed E-state index contributed by atoms with van der Waals surface area (Å²) in [4.78, 5) is 10.6. The number of rotatable bonds is 6. The number of anilines is 1. The van der Waals surface area contributed by atoms with Crippen molar-refractivity contribution in [2.75, 3.05) is 31.6 Å². The van der Waals surface area contributed by atoms with Crippen molar-refractivity contribution in [3.63, 3.8) is 0 Å². The lowest BCUT2D eigenvalue weighted by molar-refractivity contribution is 0.325. The van der Waals surface area contributed by atoms with Crippen molar-refractivity contribution < 1.29 is 13.2 Å². The van der Waals surface area contributed by atoms with E-state index in [1.807, 2.05) is 6.92 Å². The first-order valence-electron chi connectivity index (χ1n) is 7.69. The third-order valence-electron chi connectivity index (χ3n) is 4.25. The van der Waals surface area contributed by atoms with E-state index in [-0.39, 0.29) is 11.3 Å². The molecule has 0 N–H and O–H groups in total. The van der Waals surface area contributed by atoms with E-state index in [1.165, 1.54) is 0 Å². The number of hydrogen-bond donors (Lipinski definition) is 0. The van der Waals surface area contributed by atoms with Crippen LogP contribution in [0.25, 0.3) is 0 Å². The van der Waals surface area contributed by atoms with E-state index >= 15 is 0 Å². The molecule has 0 unspecified atom stereocenters. The van der Waals surface area contributed by atoms with E-state index in [4.69, 9.17) is 4.74 Å². The molecule has 0 spiro atoms. The van der Waals surface area contributed by atoms with Gasteiger partial charge in [0.2, 0.25) is 10.0 Å². The van der Waals surface area contributed by atoms with Gasteiger partial charge in [0.25, 0.3) is 5.88 Å². The molecule has 1 aromatic rings. The number of hydrogen-bond acceptors (Lipinski definition) is 6. The first kappa shape index (κ1) is 15.5. The fourth-order valence-electron chi connectivity index (χ4n) is 2.81. The molecule has 1 atom stereocenters. The van der Waals surface area contributed by atoms with Crippen molar-refractivity contribution in [2.24, 2.45) is 0 Å². The highest BCUT2D eigenvalue weighted by molar-refractivity contribution is 7.90. The number of nitrogens with zero attached hydrogens (tertiary/aromatic N) is 4. The Morgan fingerprint density at radius 3 is 2.73 bits per heavy atom. The van der Waals surface area contributed by atoms with Crippen LogP contribution < -0.4 is 9.64 Å². The van der Waals surface area contributed by atoms with Crippen molar-refractivity contribution in [1.29, 1.82) is 0 Å². The van der Waals surface area contributed by atoms with Gasteiger partial charge in [0.1, 0.15) is 0 Å². The number of sulfonamides is 1. The summed E-state index contributed by atoms with van der Waals surface area (Å²) >= 11 is 0. The van der Waals surface area contributed by atoms with Crippen LogP contribution in [0.1, 0.15) is 26.2 Å². The van der Waals surface area contributed by atoms with E-state index in [0.717, 1.165) is 25.8 Å². The minimum Gasteiger partial charge on any atom is -0.475 e. The SMILES string of the molecule is CCOc1nccnc1N1CC[C@H](N(C)S(=O)(=O)C2CC2)C1. The van der Waals surface area contributed by atoms with Crippen LogP contribution in [0.2, 0.25) is 0 Å². The zero-order valence-corrected chi connectivity index (χ0v) is 13.8. The number of ether oxygens (including phenoxy) is 1. The monoisotopic (exact) mass is 326 g/mol. The van der Waals surface area contributed by atoms with Gasteiger partial charge >= 0.3 is 0 Å². The van der Waals surface area contributed by atoms with Gasteiger partial charge in [-0.3, -0.25) is 0 Å². The predicted molar refractivity (Wildman–Crippen MR) is 83.5 cm³/mol. The lowest BCUT2D eigenvalue weighted by Gasteiger charge is -2.24. The molecule has 0 bridgehead atoms. The molecule has 0 radical (unpaired) electrons. The molecule has 2 fully saturated rings. The van der Waals surface area contributed by atoms with Crippen LogP contribution in [0.3, 0.4) is 0 Å². The van der Waals surface area contributed by atoms with Crippen molar-refractivity contribution in [3.8, 4) is 5.88 Å². The van der Waals surface area contributed by atoms with Crippen molar-refractivity contribution >= 4 is 15.8 Å². The van der Waals surface area contributed by atoms with Crippen LogP contribution in [0.4, 0.5) is 5.82 Å². The Hall–Kier alpha value is -1.41. The first-order valence-corrected chi connectivity index (χ1v) is 9.20. The van der Waals surface area contributed by atoms with Gasteiger partial charge in [0, 0.05) is 38.6 Å². The lowest BCUT2D eigenvalue weighted by atomic mass is 10.3. The summed E-state index contributed by atoms with van der Waals surface area (Å²) in [6.45, 7) is 3.81. The summed E-state index contributed by atoms with van der Waals surface area (Å²) in [5, 5.41) is -0.165. The highest BCUT2D eigenvalue weighted by atomic mass is 32.2. The fraction of sp³-hybridized carbons (Fsp3) is 0.714. The molecule has 2 aliphatic rings. The van der Waals surface area contributed by atoms with Gasteiger partial charge in [-0.15, -0.1) is 0 Å². The molecule has 3 rings (SSSR count). The molecule has 1 aliphatic heterocycles. The van der Waals surface area contributed by atoms with Crippen LogP contribution in [0, 0.1) is 0 Å². The topological polar surface area (TPSA) is 75.6 Å². The minimum absolute atomic E-state index is 0.0120. The Balaban J connectivity index is 1.72. The second kappa shape index (κ2) is 6.00. The highest BCUT2D eigenvalue weighted by Gasteiger charge is 2.42. The van der Waals surface area contributed by atoms with Gasteiger partial charge in [0.15, 0.2) is 5.82 Å². The zero-order chi connectivity index (χ0) is 15.7. The highest BCUT2D eigenvalue weighted by Crippen LogP contribution is 2.34. The smallest absolute Gasteiger partial charge is 0.257 e. The Kier molecular flexibility index (Phi) is 4.22. The molecule has 2 heterocycles. The molecule has 1 aliphatic carbocycles. The van der Waals surface area contributed by atoms with E-state index in [0.29, 0.717) is 24.8 Å². The van der Waals surface area contributed by atoms with Gasteiger partial charge in [-0.1, -0.05) is 0 Å². The van der Waals surface area contributed by atoms with Gasteiger partial charge < -0.3 is 9.64 Å². The normalized spacial score (nSPS) is 22.3. The van der Waals surface area contributed by atoms with Gasteiger partial charge in [-0.05, 0) is 26.2 Å². The molecule has 7 nitrogen and oxygen atoms in total. The average molecular weight is 326 g/mol. The Labute approximate surface area is 131 Å². The summed E-state index contributed by atoms with van der Waals surface area (Å²) in [5.41, 5.74) is 0. The van der Waals surface area contributed by atoms with Crippen LogP contribution >= 0.6 is 0 Å². The molecule has 1 saturated heterocycles. The van der Waals surface area contributed by atoms with E-state index in [2.05, 4.69) is 14.9 Å². The molecule has 22 heavy (non-hydrogen) atoms. The Morgan fingerprint density at radius 2 is 2.05 bits per heavy atom. The molecule has 8 heteroatoms. The van der Waals surface area contributed by atoms with Crippen LogP contribution in [0.15, 0.2) is 12.4 Å². The quantitative estimate of drug-likeness (QED) is 0.772. The van der Waals surface area contributed by atoms with Crippen molar-refractivity contribution in [2.45, 2.75) is 37.5 Å². The predicted octanol–water partition coefficient (Wildman–Crippen LogP) is 0.878. The molecule has 1 saturated carbocycles. The molecular formula is C14H22N4O3S. The molecule has 122 valence electrons. The summed E-state index contributed by atoms with van der Waals surface area (Å²) in [6, 6.07) is -0.0120. The van der Waals surface area contributed by atoms with Crippen molar-refractivity contribution in [3.05, 3.63) is 12.4 Å². The first-order chi connectivity index (χ1) is 10.5. The van der Waals surface area contributed by atoms with Crippen LogP contribution in [-0.4, -0.2) is 60.7 Å². The summed E-state index contributed by atoms with van der Waals surface area (Å²) in [7, 11) is -1.44. The number of aromatic nitrogens is 2. The molecule has 0 aromatic carbocycles. The summed E-state index contributed by atoms with van der Waals surface area (Å²) in [5.74, 6) is 1.21. The van der Waals surface area contributed by atoms with Gasteiger partial charge in [0.05, 0.1) is 11.9 Å². The lowest BCUT2D eigenvalue weighted by Crippen LogP contribution is -2.40. The molecule has 1 aromatic heterocycles. The zero-order valence-electron chi connectivity index (χ0n) is 13.0. The second-order valence-corrected chi connectivity index (χ2v) is 8.04. The largest absolute Gasteiger partial charge is 0.475 e. The second-order valence-electron chi connectivity index (χ2n) is 5.77. The average Bonchev–Trinajstić information content (AvgIpc) is 3.27. The Morgan fingerprint density at radius 1 is 1.32 bits per heavy atom. The maximum atomic E-state index is 12.3. The minimum atomic E-state index is -3.14. The van der Waals surface area contributed by atoms with E-state index in [1.54, 1.807) is 23.7 Å². The standard InChI is InChI=1S/C14H22N4O3S/c1-3-21-14-13(15-7-8-16-14)18-9-6-11(10-18)17(2)22(19,20)12-4-5-12/h7-8,11-12H,3-6,9-10H2,1-2H3/t11-/m0/s1. The molecular weight excluding hydrogens is 304 g/mol. The van der Waals surface area contributed by atoms with E-state index < -0.39 is 10.0 Å². The van der Waals surface area contributed by atoms with Gasteiger partial charge in [-0.25, -0.2) is 18.4 Å².